The zero-order chi connectivity index (χ0) is 14.6. The highest BCUT2D eigenvalue weighted by Crippen LogP contribution is 2.12. The van der Waals surface area contributed by atoms with E-state index < -0.39 is 15.9 Å². The van der Waals surface area contributed by atoms with E-state index in [1.807, 2.05) is 30.3 Å². The van der Waals surface area contributed by atoms with Gasteiger partial charge in [0.1, 0.15) is 0 Å². The first-order chi connectivity index (χ1) is 9.46. The molecule has 0 saturated carbocycles. The van der Waals surface area contributed by atoms with E-state index >= 15 is 0 Å². The highest BCUT2D eigenvalue weighted by atomic mass is 32.2. The van der Waals surface area contributed by atoms with Gasteiger partial charge >= 0.3 is 0 Å². The predicted octanol–water partition coefficient (Wildman–Crippen LogP) is 0.250. The lowest BCUT2D eigenvalue weighted by Crippen LogP contribution is -2.50. The molecular weight excluding hydrogens is 276 g/mol. The summed E-state index contributed by atoms with van der Waals surface area (Å²) in [6.45, 7) is 0. The van der Waals surface area contributed by atoms with Gasteiger partial charge in [0.05, 0.1) is 17.5 Å². The average Bonchev–Trinajstić information content (AvgIpc) is 2.38. The molecule has 1 aliphatic heterocycles. The van der Waals surface area contributed by atoms with Crippen molar-refractivity contribution >= 4 is 15.7 Å². The van der Waals surface area contributed by atoms with Crippen molar-refractivity contribution in [3.8, 4) is 0 Å². The van der Waals surface area contributed by atoms with E-state index in [0.717, 1.165) is 5.56 Å². The third-order valence-electron chi connectivity index (χ3n) is 3.44. The minimum Gasteiger partial charge on any atom is -0.351 e. The summed E-state index contributed by atoms with van der Waals surface area (Å²) in [6, 6.07) is 8.57. The number of rotatable bonds is 4. The predicted molar refractivity (Wildman–Crippen MR) is 77.9 cm³/mol. The Morgan fingerprint density at radius 3 is 2.70 bits per heavy atom. The van der Waals surface area contributed by atoms with E-state index in [-0.39, 0.29) is 23.5 Å². The highest BCUT2D eigenvalue weighted by molar-refractivity contribution is 7.91. The Morgan fingerprint density at radius 1 is 1.35 bits per heavy atom. The second kappa shape index (κ2) is 6.37. The van der Waals surface area contributed by atoms with Crippen LogP contribution in [0.25, 0.3) is 0 Å². The Kier molecular flexibility index (Phi) is 4.77. The van der Waals surface area contributed by atoms with Crippen LogP contribution in [0.15, 0.2) is 30.3 Å². The van der Waals surface area contributed by atoms with Crippen molar-refractivity contribution in [2.24, 2.45) is 5.73 Å². The van der Waals surface area contributed by atoms with Crippen molar-refractivity contribution < 1.29 is 13.2 Å². The van der Waals surface area contributed by atoms with Crippen LogP contribution in [0.1, 0.15) is 18.4 Å². The average molecular weight is 296 g/mol. The van der Waals surface area contributed by atoms with E-state index in [9.17, 15) is 13.2 Å². The molecular formula is C14H20N2O3S. The monoisotopic (exact) mass is 296 g/mol. The Labute approximate surface area is 119 Å². The molecule has 0 radical (unpaired) electrons. The number of hydrogen-bond acceptors (Lipinski definition) is 4. The molecule has 1 aromatic rings. The van der Waals surface area contributed by atoms with Crippen LogP contribution in [0, 0.1) is 0 Å². The molecule has 0 aliphatic carbocycles. The molecule has 0 aromatic heterocycles. The van der Waals surface area contributed by atoms with Crippen molar-refractivity contribution in [3.05, 3.63) is 35.9 Å². The molecule has 2 atom stereocenters. The number of hydrogen-bond donors (Lipinski definition) is 2. The van der Waals surface area contributed by atoms with Crippen LogP contribution < -0.4 is 11.1 Å². The molecule has 1 aromatic carbocycles. The second-order valence-electron chi connectivity index (χ2n) is 5.26. The van der Waals surface area contributed by atoms with Gasteiger partial charge in [0.2, 0.25) is 5.91 Å². The summed E-state index contributed by atoms with van der Waals surface area (Å²) in [5.41, 5.74) is 6.86. The standard InChI is InChI=1S/C14H20N2O3S/c15-13(9-11-5-2-1-3-6-11)14(17)16-12-7-4-8-20(18,19)10-12/h1-3,5-6,12-13H,4,7-10,15H2,(H,16,17). The molecule has 1 heterocycles. The Balaban J connectivity index is 1.88. The first-order valence-corrected chi connectivity index (χ1v) is 8.59. The zero-order valence-electron chi connectivity index (χ0n) is 11.3. The molecule has 20 heavy (non-hydrogen) atoms. The van der Waals surface area contributed by atoms with Crippen LogP contribution in [0.5, 0.6) is 0 Å². The molecule has 5 nitrogen and oxygen atoms in total. The van der Waals surface area contributed by atoms with Crippen LogP contribution in [0.4, 0.5) is 0 Å². The van der Waals surface area contributed by atoms with E-state index in [4.69, 9.17) is 5.73 Å². The third kappa shape index (κ3) is 4.31. The van der Waals surface area contributed by atoms with Gasteiger partial charge < -0.3 is 11.1 Å². The van der Waals surface area contributed by atoms with Crippen molar-refractivity contribution in [3.63, 3.8) is 0 Å². The molecule has 0 bridgehead atoms. The summed E-state index contributed by atoms with van der Waals surface area (Å²) in [5.74, 6) is -0.0392. The molecule has 3 N–H and O–H groups in total. The molecule has 2 rings (SSSR count). The molecule has 6 heteroatoms. The van der Waals surface area contributed by atoms with Gasteiger partial charge in [-0.25, -0.2) is 8.42 Å². The second-order valence-corrected chi connectivity index (χ2v) is 7.49. The van der Waals surface area contributed by atoms with Gasteiger partial charge in [-0.15, -0.1) is 0 Å². The Morgan fingerprint density at radius 2 is 2.05 bits per heavy atom. The van der Waals surface area contributed by atoms with E-state index in [2.05, 4.69) is 5.32 Å². The quantitative estimate of drug-likeness (QED) is 0.833. The van der Waals surface area contributed by atoms with Crippen molar-refractivity contribution in [2.75, 3.05) is 11.5 Å². The van der Waals surface area contributed by atoms with Crippen molar-refractivity contribution in [1.29, 1.82) is 0 Å². The minimum atomic E-state index is -3.02. The molecule has 1 amide bonds. The van der Waals surface area contributed by atoms with Gasteiger partial charge in [0, 0.05) is 6.04 Å². The lowest BCUT2D eigenvalue weighted by Gasteiger charge is -2.24. The van der Waals surface area contributed by atoms with E-state index in [0.29, 0.717) is 19.3 Å². The van der Waals surface area contributed by atoms with Crippen LogP contribution in [0.2, 0.25) is 0 Å². The molecule has 0 spiro atoms. The topological polar surface area (TPSA) is 89.3 Å². The number of sulfone groups is 1. The maximum Gasteiger partial charge on any atom is 0.237 e. The van der Waals surface area contributed by atoms with Gasteiger partial charge in [-0.2, -0.15) is 0 Å². The zero-order valence-corrected chi connectivity index (χ0v) is 12.1. The smallest absolute Gasteiger partial charge is 0.237 e. The summed E-state index contributed by atoms with van der Waals surface area (Å²) < 4.78 is 23.0. The maximum absolute atomic E-state index is 12.0. The molecule has 2 unspecified atom stereocenters. The van der Waals surface area contributed by atoms with Gasteiger partial charge in [0.15, 0.2) is 9.84 Å². The fourth-order valence-corrected chi connectivity index (χ4v) is 4.04. The summed E-state index contributed by atoms with van der Waals surface area (Å²) in [4.78, 5) is 12.0. The fraction of sp³-hybridized carbons (Fsp3) is 0.500. The normalized spacial score (nSPS) is 22.9. The molecule has 1 saturated heterocycles. The summed E-state index contributed by atoms with van der Waals surface area (Å²) in [6.07, 6.45) is 1.75. The first kappa shape index (κ1) is 15.0. The number of carbonyl (C=O) groups excluding carboxylic acids is 1. The maximum atomic E-state index is 12.0. The number of nitrogens with one attached hydrogen (secondary N) is 1. The summed E-state index contributed by atoms with van der Waals surface area (Å²) in [5, 5.41) is 2.75. The Bertz CT molecular complexity index is 557. The van der Waals surface area contributed by atoms with Crippen molar-refractivity contribution in [1.82, 2.24) is 5.32 Å². The first-order valence-electron chi connectivity index (χ1n) is 6.76. The van der Waals surface area contributed by atoms with Crippen LogP contribution in [-0.2, 0) is 21.1 Å². The van der Waals surface area contributed by atoms with Crippen LogP contribution in [-0.4, -0.2) is 37.9 Å². The lowest BCUT2D eigenvalue weighted by atomic mass is 10.1. The highest BCUT2D eigenvalue weighted by Gasteiger charge is 2.27. The summed E-state index contributed by atoms with van der Waals surface area (Å²) in [7, 11) is -3.02. The summed E-state index contributed by atoms with van der Waals surface area (Å²) >= 11 is 0. The van der Waals surface area contributed by atoms with E-state index in [1.54, 1.807) is 0 Å². The van der Waals surface area contributed by atoms with Crippen LogP contribution in [0.3, 0.4) is 0 Å². The van der Waals surface area contributed by atoms with Crippen LogP contribution >= 0.6 is 0 Å². The van der Waals surface area contributed by atoms with Gasteiger partial charge in [-0.3, -0.25) is 4.79 Å². The van der Waals surface area contributed by atoms with Gasteiger partial charge in [-0.1, -0.05) is 30.3 Å². The van der Waals surface area contributed by atoms with Gasteiger partial charge in [-0.05, 0) is 24.8 Å². The number of amides is 1. The molecule has 1 fully saturated rings. The van der Waals surface area contributed by atoms with E-state index in [1.165, 1.54) is 0 Å². The molecule has 1 aliphatic rings. The lowest BCUT2D eigenvalue weighted by molar-refractivity contribution is -0.122. The largest absolute Gasteiger partial charge is 0.351 e. The van der Waals surface area contributed by atoms with Gasteiger partial charge in [0.25, 0.3) is 0 Å². The third-order valence-corrected chi connectivity index (χ3v) is 5.27. The minimum absolute atomic E-state index is 0.0246. The molecule has 110 valence electrons. The number of nitrogens with two attached hydrogens (primary N) is 1. The SMILES string of the molecule is NC(Cc1ccccc1)C(=O)NC1CCCS(=O)(=O)C1. The fourth-order valence-electron chi connectivity index (χ4n) is 2.41. The number of benzene rings is 1. The Hall–Kier alpha value is -1.40. The number of carbonyl (C=O) groups is 1. The van der Waals surface area contributed by atoms with Crippen molar-refractivity contribution in [2.45, 2.75) is 31.3 Å².